The van der Waals surface area contributed by atoms with Gasteiger partial charge in [0.1, 0.15) is 5.69 Å². The molecule has 0 aliphatic carbocycles. The fraction of sp³-hybridized carbons (Fsp3) is 0.133. The van der Waals surface area contributed by atoms with Crippen molar-refractivity contribution in [2.75, 3.05) is 5.32 Å². The molecule has 94 valence electrons. The molecule has 19 heavy (non-hydrogen) atoms. The molecule has 2 rings (SSSR count). The lowest BCUT2D eigenvalue weighted by molar-refractivity contribution is 0.102. The van der Waals surface area contributed by atoms with E-state index in [1.165, 1.54) is 6.07 Å². The van der Waals surface area contributed by atoms with Gasteiger partial charge in [-0.05, 0) is 43.7 Å². The third-order valence-corrected chi connectivity index (χ3v) is 2.58. The van der Waals surface area contributed by atoms with E-state index >= 15 is 0 Å². The largest absolute Gasteiger partial charge is 0.321 e. The first-order valence-corrected chi connectivity index (χ1v) is 5.82. The van der Waals surface area contributed by atoms with E-state index in [9.17, 15) is 4.79 Å². The maximum absolute atomic E-state index is 12.1. The average molecular weight is 251 g/mol. The molecule has 0 saturated heterocycles. The Morgan fingerprint density at radius 2 is 2.05 bits per heavy atom. The topological polar surface area (TPSA) is 46.4 Å². The van der Waals surface area contributed by atoms with Gasteiger partial charge in [-0.15, -0.1) is 0 Å². The number of carbonyl (C=O) groups excluding carboxylic acids is 1. The third-order valence-electron chi connectivity index (χ3n) is 2.58. The predicted octanol–water partition coefficient (Wildman–Crippen LogP) is 3.50. The van der Waals surface area contributed by atoms with Crippen LogP contribution in [0.3, 0.4) is 0 Å². The number of amides is 1. The van der Waals surface area contributed by atoms with Gasteiger partial charge in [-0.2, -0.15) is 0 Å². The van der Waals surface area contributed by atoms with Gasteiger partial charge in [-0.3, -0.25) is 9.78 Å². The van der Waals surface area contributed by atoms with E-state index < -0.39 is 0 Å². The van der Waals surface area contributed by atoms with Crippen LogP contribution in [0.15, 0.2) is 36.4 Å². The van der Waals surface area contributed by atoms with E-state index in [4.69, 9.17) is 6.57 Å². The minimum atomic E-state index is -0.306. The van der Waals surface area contributed by atoms with Crippen LogP contribution in [-0.4, -0.2) is 10.9 Å². The Labute approximate surface area is 111 Å². The molecule has 0 aliphatic heterocycles. The molecule has 0 saturated carbocycles. The van der Waals surface area contributed by atoms with Crippen molar-refractivity contribution in [3.8, 4) is 0 Å². The lowest BCUT2D eigenvalue weighted by atomic mass is 10.2. The van der Waals surface area contributed by atoms with Crippen LogP contribution in [0.25, 0.3) is 4.85 Å². The number of pyridine rings is 1. The van der Waals surface area contributed by atoms with E-state index in [0.717, 1.165) is 11.3 Å². The van der Waals surface area contributed by atoms with Gasteiger partial charge in [-0.1, -0.05) is 12.1 Å². The zero-order chi connectivity index (χ0) is 13.8. The summed E-state index contributed by atoms with van der Waals surface area (Å²) in [4.78, 5) is 19.5. The Morgan fingerprint density at radius 3 is 2.74 bits per heavy atom. The number of hydrogen-bond acceptors (Lipinski definition) is 2. The highest BCUT2D eigenvalue weighted by Gasteiger charge is 2.09. The molecule has 1 amide bonds. The lowest BCUT2D eigenvalue weighted by Crippen LogP contribution is -2.14. The molecule has 4 nitrogen and oxygen atoms in total. The standard InChI is InChI=1S/C15H13N3O/c1-10-5-4-6-12(7-10)18-15(19)14-9-13(16-3)8-11(2)17-14/h4-9H,1-2H3,(H,18,19). The summed E-state index contributed by atoms with van der Waals surface area (Å²) in [7, 11) is 0. The normalized spacial score (nSPS) is 9.74. The zero-order valence-electron chi connectivity index (χ0n) is 10.8. The summed E-state index contributed by atoms with van der Waals surface area (Å²) in [5.41, 5.74) is 3.12. The molecule has 0 atom stereocenters. The van der Waals surface area contributed by atoms with Crippen molar-refractivity contribution in [1.29, 1.82) is 0 Å². The van der Waals surface area contributed by atoms with Crippen molar-refractivity contribution in [3.63, 3.8) is 0 Å². The smallest absolute Gasteiger partial charge is 0.272 e. The van der Waals surface area contributed by atoms with E-state index in [1.807, 2.05) is 31.2 Å². The summed E-state index contributed by atoms with van der Waals surface area (Å²) in [5.74, 6) is -0.306. The number of aromatic nitrogens is 1. The molecule has 0 unspecified atom stereocenters. The first-order chi connectivity index (χ1) is 9.08. The van der Waals surface area contributed by atoms with Crippen molar-refractivity contribution in [1.82, 2.24) is 4.98 Å². The Balaban J connectivity index is 2.25. The lowest BCUT2D eigenvalue weighted by Gasteiger charge is -2.06. The SMILES string of the molecule is [C-]#[N+]c1cc(C)nc(C(=O)Nc2cccc(C)c2)c1. The van der Waals surface area contributed by atoms with Gasteiger partial charge in [0.05, 0.1) is 6.57 Å². The number of rotatable bonds is 2. The highest BCUT2D eigenvalue weighted by Crippen LogP contribution is 2.16. The van der Waals surface area contributed by atoms with Gasteiger partial charge in [-0.25, -0.2) is 4.85 Å². The van der Waals surface area contributed by atoms with Crippen molar-refractivity contribution in [2.24, 2.45) is 0 Å². The summed E-state index contributed by atoms with van der Waals surface area (Å²) in [6.45, 7) is 10.7. The van der Waals surface area contributed by atoms with E-state index in [-0.39, 0.29) is 11.6 Å². The maximum atomic E-state index is 12.1. The minimum Gasteiger partial charge on any atom is -0.321 e. The van der Waals surface area contributed by atoms with E-state index in [2.05, 4.69) is 15.1 Å². The van der Waals surface area contributed by atoms with Crippen LogP contribution in [0.4, 0.5) is 11.4 Å². The summed E-state index contributed by atoms with van der Waals surface area (Å²) in [5, 5.41) is 2.77. The van der Waals surface area contributed by atoms with Gasteiger partial charge in [0, 0.05) is 11.4 Å². The fourth-order valence-corrected chi connectivity index (χ4v) is 1.75. The Hall–Kier alpha value is -2.67. The molecule has 0 spiro atoms. The van der Waals surface area contributed by atoms with Gasteiger partial charge in [0.2, 0.25) is 0 Å². The number of aryl methyl sites for hydroxylation is 2. The molecule has 1 aromatic carbocycles. The highest BCUT2D eigenvalue weighted by molar-refractivity contribution is 6.03. The van der Waals surface area contributed by atoms with Gasteiger partial charge < -0.3 is 5.32 Å². The summed E-state index contributed by atoms with van der Waals surface area (Å²) in [6.07, 6.45) is 0. The second kappa shape index (κ2) is 5.32. The number of nitrogens with zero attached hydrogens (tertiary/aromatic N) is 2. The number of hydrogen-bond donors (Lipinski definition) is 1. The molecule has 4 heteroatoms. The first kappa shape index (κ1) is 12.8. The second-order valence-electron chi connectivity index (χ2n) is 4.29. The molecule has 0 bridgehead atoms. The van der Waals surface area contributed by atoms with Crippen LogP contribution in [0.1, 0.15) is 21.7 Å². The molecule has 1 heterocycles. The Morgan fingerprint density at radius 1 is 1.26 bits per heavy atom. The summed E-state index contributed by atoms with van der Waals surface area (Å²) < 4.78 is 0. The molecule has 0 fully saturated rings. The number of benzene rings is 1. The first-order valence-electron chi connectivity index (χ1n) is 5.82. The molecule has 1 N–H and O–H groups in total. The van der Waals surface area contributed by atoms with Crippen LogP contribution < -0.4 is 5.32 Å². The van der Waals surface area contributed by atoms with Crippen molar-refractivity contribution < 1.29 is 4.79 Å². The predicted molar refractivity (Wildman–Crippen MR) is 74.4 cm³/mol. The summed E-state index contributed by atoms with van der Waals surface area (Å²) in [6, 6.07) is 10.7. The number of anilines is 1. The van der Waals surface area contributed by atoms with Crippen molar-refractivity contribution in [2.45, 2.75) is 13.8 Å². The van der Waals surface area contributed by atoms with Crippen molar-refractivity contribution in [3.05, 3.63) is 64.8 Å². The molecule has 2 aromatic rings. The van der Waals surface area contributed by atoms with Crippen LogP contribution in [-0.2, 0) is 0 Å². The molecule has 1 aromatic heterocycles. The molecule has 0 aliphatic rings. The quantitative estimate of drug-likeness (QED) is 0.830. The number of nitrogens with one attached hydrogen (secondary N) is 1. The van der Waals surface area contributed by atoms with Crippen LogP contribution >= 0.6 is 0 Å². The fourth-order valence-electron chi connectivity index (χ4n) is 1.75. The van der Waals surface area contributed by atoms with Gasteiger partial charge in [0.25, 0.3) is 5.91 Å². The van der Waals surface area contributed by atoms with Crippen LogP contribution in [0.5, 0.6) is 0 Å². The highest BCUT2D eigenvalue weighted by atomic mass is 16.1. The summed E-state index contributed by atoms with van der Waals surface area (Å²) >= 11 is 0. The molecular formula is C15H13N3O. The van der Waals surface area contributed by atoms with Crippen LogP contribution in [0, 0.1) is 20.4 Å². The minimum absolute atomic E-state index is 0.257. The van der Waals surface area contributed by atoms with Crippen LogP contribution in [0.2, 0.25) is 0 Å². The van der Waals surface area contributed by atoms with Gasteiger partial charge >= 0.3 is 0 Å². The zero-order valence-corrected chi connectivity index (χ0v) is 10.8. The monoisotopic (exact) mass is 251 g/mol. The van der Waals surface area contributed by atoms with E-state index in [0.29, 0.717) is 11.4 Å². The Kier molecular flexibility index (Phi) is 3.58. The maximum Gasteiger partial charge on any atom is 0.272 e. The Bertz CT molecular complexity index is 671. The molecular weight excluding hydrogens is 238 g/mol. The third kappa shape index (κ3) is 3.17. The number of carbonyl (C=O) groups is 1. The molecule has 0 radical (unpaired) electrons. The second-order valence-corrected chi connectivity index (χ2v) is 4.29. The van der Waals surface area contributed by atoms with E-state index in [1.54, 1.807) is 13.0 Å². The average Bonchev–Trinajstić information content (AvgIpc) is 2.38. The van der Waals surface area contributed by atoms with Gasteiger partial charge in [0.15, 0.2) is 5.69 Å². The van der Waals surface area contributed by atoms with Crippen molar-refractivity contribution >= 4 is 17.3 Å².